The summed E-state index contributed by atoms with van der Waals surface area (Å²) in [5.74, 6) is 0.838. The lowest BCUT2D eigenvalue weighted by atomic mass is 10.1. The normalized spacial score (nSPS) is 15.3. The maximum atomic E-state index is 12.9. The molecule has 2 N–H and O–H groups in total. The number of para-hydroxylation sites is 1. The number of anilines is 1. The fraction of sp³-hybridized carbons (Fsp3) is 0.350. The van der Waals surface area contributed by atoms with Crippen LogP contribution in [0.15, 0.2) is 42.7 Å². The first-order chi connectivity index (χ1) is 13.1. The molecule has 4 rings (SSSR count). The first kappa shape index (κ1) is 17.5. The summed E-state index contributed by atoms with van der Waals surface area (Å²) in [7, 11) is 0. The molecule has 0 amide bonds. The van der Waals surface area contributed by atoms with Gasteiger partial charge in [-0.2, -0.15) is 10.1 Å². The van der Waals surface area contributed by atoms with Gasteiger partial charge in [-0.15, -0.1) is 0 Å². The van der Waals surface area contributed by atoms with E-state index in [-0.39, 0.29) is 5.78 Å². The van der Waals surface area contributed by atoms with Gasteiger partial charge in [0.15, 0.2) is 0 Å². The van der Waals surface area contributed by atoms with Crippen LogP contribution in [0.5, 0.6) is 0 Å². The number of rotatable bonds is 5. The first-order valence-corrected chi connectivity index (χ1v) is 9.35. The Kier molecular flexibility index (Phi) is 4.77. The minimum absolute atomic E-state index is 0.192. The monoisotopic (exact) mass is 365 g/mol. The van der Waals surface area contributed by atoms with Crippen LogP contribution in [0, 0.1) is 13.8 Å². The SMILES string of the molecule is Cc1cc(C(=O)C[NH+]2CCN(c3ccccc3)CC2)c(C)n1-c1ncn[nH]1. The van der Waals surface area contributed by atoms with Crippen molar-refractivity contribution in [3.63, 3.8) is 0 Å². The number of hydrogen-bond acceptors (Lipinski definition) is 4. The van der Waals surface area contributed by atoms with Crippen molar-refractivity contribution >= 4 is 11.5 Å². The Morgan fingerprint density at radius 3 is 2.59 bits per heavy atom. The third-order valence-corrected chi connectivity index (χ3v) is 5.35. The van der Waals surface area contributed by atoms with Crippen LogP contribution in [-0.2, 0) is 0 Å². The van der Waals surface area contributed by atoms with E-state index < -0.39 is 0 Å². The molecule has 3 heterocycles. The number of aromatic amines is 1. The Hall–Kier alpha value is -2.93. The third kappa shape index (κ3) is 3.50. The maximum Gasteiger partial charge on any atom is 0.229 e. The molecule has 140 valence electrons. The van der Waals surface area contributed by atoms with E-state index in [4.69, 9.17) is 0 Å². The molecule has 7 heteroatoms. The molecule has 0 radical (unpaired) electrons. The fourth-order valence-corrected chi connectivity index (χ4v) is 3.90. The van der Waals surface area contributed by atoms with Crippen molar-refractivity contribution in [3.8, 4) is 5.95 Å². The second kappa shape index (κ2) is 7.36. The van der Waals surface area contributed by atoms with E-state index in [0.717, 1.165) is 43.1 Å². The topological polar surface area (TPSA) is 71.2 Å². The lowest BCUT2D eigenvalue weighted by Gasteiger charge is -2.33. The van der Waals surface area contributed by atoms with E-state index in [2.05, 4.69) is 44.3 Å². The van der Waals surface area contributed by atoms with Gasteiger partial charge in [0.25, 0.3) is 0 Å². The number of H-pyrrole nitrogens is 1. The molecule has 1 saturated heterocycles. The first-order valence-electron chi connectivity index (χ1n) is 9.35. The van der Waals surface area contributed by atoms with Gasteiger partial charge < -0.3 is 9.80 Å². The summed E-state index contributed by atoms with van der Waals surface area (Å²) < 4.78 is 1.95. The largest absolute Gasteiger partial charge is 0.360 e. The highest BCUT2D eigenvalue weighted by molar-refractivity contribution is 5.98. The fourth-order valence-electron chi connectivity index (χ4n) is 3.90. The third-order valence-electron chi connectivity index (χ3n) is 5.35. The summed E-state index contributed by atoms with van der Waals surface area (Å²) in [6.45, 7) is 8.38. The van der Waals surface area contributed by atoms with Crippen molar-refractivity contribution in [1.29, 1.82) is 0 Å². The average molecular weight is 365 g/mol. The number of quaternary nitrogens is 1. The summed E-state index contributed by atoms with van der Waals surface area (Å²) in [6, 6.07) is 12.4. The van der Waals surface area contributed by atoms with E-state index >= 15 is 0 Å². The van der Waals surface area contributed by atoms with Crippen LogP contribution in [0.25, 0.3) is 5.95 Å². The molecule has 1 aliphatic rings. The van der Waals surface area contributed by atoms with Gasteiger partial charge in [0.05, 0.1) is 26.2 Å². The Morgan fingerprint density at radius 1 is 1.19 bits per heavy atom. The van der Waals surface area contributed by atoms with Crippen molar-refractivity contribution in [2.24, 2.45) is 0 Å². The standard InChI is InChI=1S/C20H24N6O/c1-15-12-18(16(2)26(15)20-21-14-22-23-20)19(27)13-24-8-10-25(11-9-24)17-6-4-3-5-7-17/h3-7,12,14H,8-11,13H2,1-2H3,(H,21,22,23)/p+1. The van der Waals surface area contributed by atoms with E-state index in [1.165, 1.54) is 16.9 Å². The zero-order chi connectivity index (χ0) is 18.8. The van der Waals surface area contributed by atoms with Crippen LogP contribution < -0.4 is 9.80 Å². The number of Topliss-reactive ketones (excluding diaryl/α,β-unsaturated/α-hetero) is 1. The van der Waals surface area contributed by atoms with Crippen LogP contribution in [0.1, 0.15) is 21.7 Å². The molecule has 0 atom stereocenters. The molecular formula is C20H25N6O+. The van der Waals surface area contributed by atoms with Crippen molar-refractivity contribution in [2.45, 2.75) is 13.8 Å². The highest BCUT2D eigenvalue weighted by atomic mass is 16.1. The predicted molar refractivity (Wildman–Crippen MR) is 104 cm³/mol. The quantitative estimate of drug-likeness (QED) is 0.656. The molecule has 1 aliphatic heterocycles. The summed E-state index contributed by atoms with van der Waals surface area (Å²) in [4.78, 5) is 20.9. The molecule has 0 unspecified atom stereocenters. The van der Waals surface area contributed by atoms with Crippen molar-refractivity contribution in [3.05, 3.63) is 59.7 Å². The van der Waals surface area contributed by atoms with E-state index in [1.807, 2.05) is 30.5 Å². The van der Waals surface area contributed by atoms with E-state index in [0.29, 0.717) is 12.5 Å². The lowest BCUT2D eigenvalue weighted by molar-refractivity contribution is -0.892. The van der Waals surface area contributed by atoms with Gasteiger partial charge in [0.2, 0.25) is 11.7 Å². The second-order valence-corrected chi connectivity index (χ2v) is 7.10. The highest BCUT2D eigenvalue weighted by Gasteiger charge is 2.25. The number of aryl methyl sites for hydroxylation is 1. The van der Waals surface area contributed by atoms with Crippen molar-refractivity contribution in [2.75, 3.05) is 37.6 Å². The zero-order valence-electron chi connectivity index (χ0n) is 15.8. The van der Waals surface area contributed by atoms with Gasteiger partial charge in [-0.3, -0.25) is 9.36 Å². The summed E-state index contributed by atoms with van der Waals surface area (Å²) in [6.07, 6.45) is 1.48. The van der Waals surface area contributed by atoms with E-state index in [9.17, 15) is 4.79 Å². The maximum absolute atomic E-state index is 12.9. The molecular weight excluding hydrogens is 340 g/mol. The minimum atomic E-state index is 0.192. The van der Waals surface area contributed by atoms with Gasteiger partial charge in [0.1, 0.15) is 12.9 Å². The molecule has 1 fully saturated rings. The van der Waals surface area contributed by atoms with E-state index in [1.54, 1.807) is 0 Å². The number of hydrogen-bond donors (Lipinski definition) is 2. The van der Waals surface area contributed by atoms with Gasteiger partial charge in [-0.25, -0.2) is 5.10 Å². The summed E-state index contributed by atoms with van der Waals surface area (Å²) in [5.41, 5.74) is 3.94. The Balaban J connectivity index is 1.41. The van der Waals surface area contributed by atoms with Crippen LogP contribution >= 0.6 is 0 Å². The number of benzene rings is 1. The molecule has 7 nitrogen and oxygen atoms in total. The molecule has 0 bridgehead atoms. The van der Waals surface area contributed by atoms with Crippen molar-refractivity contribution < 1.29 is 9.69 Å². The number of carbonyl (C=O) groups excluding carboxylic acids is 1. The van der Waals surface area contributed by atoms with Gasteiger partial charge >= 0.3 is 0 Å². The second-order valence-electron chi connectivity index (χ2n) is 7.10. The predicted octanol–water partition coefficient (Wildman–Crippen LogP) is 0.800. The average Bonchev–Trinajstić information content (AvgIpc) is 3.31. The van der Waals surface area contributed by atoms with Gasteiger partial charge in [0, 0.05) is 22.6 Å². The lowest BCUT2D eigenvalue weighted by Crippen LogP contribution is -3.15. The van der Waals surface area contributed by atoms with Crippen LogP contribution in [0.4, 0.5) is 5.69 Å². The van der Waals surface area contributed by atoms with Crippen LogP contribution in [-0.4, -0.2) is 58.3 Å². The molecule has 3 aromatic rings. The Morgan fingerprint density at radius 2 is 1.93 bits per heavy atom. The van der Waals surface area contributed by atoms with Crippen LogP contribution in [0.3, 0.4) is 0 Å². The van der Waals surface area contributed by atoms with Crippen LogP contribution in [0.2, 0.25) is 0 Å². The molecule has 0 saturated carbocycles. The smallest absolute Gasteiger partial charge is 0.229 e. The van der Waals surface area contributed by atoms with Gasteiger partial charge in [-0.1, -0.05) is 18.2 Å². The Bertz CT molecular complexity index is 908. The number of nitrogens with one attached hydrogen (secondary N) is 2. The minimum Gasteiger partial charge on any atom is -0.360 e. The molecule has 1 aromatic carbocycles. The molecule has 0 spiro atoms. The molecule has 27 heavy (non-hydrogen) atoms. The van der Waals surface area contributed by atoms with Crippen molar-refractivity contribution in [1.82, 2.24) is 19.7 Å². The number of ketones is 1. The number of aromatic nitrogens is 4. The summed E-state index contributed by atoms with van der Waals surface area (Å²) in [5, 5.41) is 6.78. The number of carbonyl (C=O) groups is 1. The number of piperazine rings is 1. The van der Waals surface area contributed by atoms with Gasteiger partial charge in [-0.05, 0) is 32.0 Å². The molecule has 0 aliphatic carbocycles. The number of nitrogens with zero attached hydrogens (tertiary/aromatic N) is 4. The summed E-state index contributed by atoms with van der Waals surface area (Å²) >= 11 is 0. The Labute approximate surface area is 158 Å². The zero-order valence-corrected chi connectivity index (χ0v) is 15.8. The highest BCUT2D eigenvalue weighted by Crippen LogP contribution is 2.18. The molecule has 2 aromatic heterocycles.